The van der Waals surface area contributed by atoms with Gasteiger partial charge < -0.3 is 10.3 Å². The fourth-order valence-electron chi connectivity index (χ4n) is 1.85. The Morgan fingerprint density at radius 1 is 1.47 bits per heavy atom. The molecule has 0 saturated carbocycles. The molecule has 0 aliphatic heterocycles. The first-order chi connectivity index (χ1) is 8.15. The van der Waals surface area contributed by atoms with E-state index in [0.29, 0.717) is 12.4 Å². The van der Waals surface area contributed by atoms with Crippen LogP contribution in [0.15, 0.2) is 31.1 Å². The normalized spacial score (nSPS) is 10.5. The van der Waals surface area contributed by atoms with E-state index in [0.717, 1.165) is 22.6 Å². The van der Waals surface area contributed by atoms with Gasteiger partial charge in [-0.05, 0) is 25.5 Å². The van der Waals surface area contributed by atoms with Crippen LogP contribution in [-0.2, 0) is 6.54 Å². The molecule has 0 aliphatic carbocycles. The molecule has 0 aliphatic rings. The highest BCUT2D eigenvalue weighted by Gasteiger charge is 2.14. The average Bonchev–Trinajstić information content (AvgIpc) is 2.58. The van der Waals surface area contributed by atoms with Gasteiger partial charge in [0.15, 0.2) is 0 Å². The van der Waals surface area contributed by atoms with Crippen LogP contribution >= 0.6 is 0 Å². The second-order valence-electron chi connectivity index (χ2n) is 3.98. The quantitative estimate of drug-likeness (QED) is 0.820. The lowest BCUT2D eigenvalue weighted by Gasteiger charge is -2.05. The van der Waals surface area contributed by atoms with Crippen molar-refractivity contribution in [2.45, 2.75) is 20.4 Å². The van der Waals surface area contributed by atoms with Gasteiger partial charge in [0.25, 0.3) is 0 Å². The molecular weight excluding hydrogens is 212 g/mol. The summed E-state index contributed by atoms with van der Waals surface area (Å²) < 4.78 is 1.94. The van der Waals surface area contributed by atoms with Crippen LogP contribution in [0, 0.1) is 13.8 Å². The lowest BCUT2D eigenvalue weighted by Crippen LogP contribution is -2.03. The molecule has 0 spiro atoms. The van der Waals surface area contributed by atoms with Crippen molar-refractivity contribution in [3.8, 4) is 11.3 Å². The monoisotopic (exact) mass is 228 g/mol. The number of hydrogen-bond acceptors (Lipinski definition) is 3. The van der Waals surface area contributed by atoms with Crippen LogP contribution in [0.4, 0.5) is 5.82 Å². The van der Waals surface area contributed by atoms with Crippen LogP contribution in [0.2, 0.25) is 0 Å². The molecular formula is C13H16N4. The van der Waals surface area contributed by atoms with E-state index in [4.69, 9.17) is 5.73 Å². The smallest absolute Gasteiger partial charge is 0.132 e. The van der Waals surface area contributed by atoms with Crippen LogP contribution in [-0.4, -0.2) is 14.5 Å². The minimum Gasteiger partial charge on any atom is -0.383 e. The summed E-state index contributed by atoms with van der Waals surface area (Å²) in [4.78, 5) is 8.63. The van der Waals surface area contributed by atoms with Crippen molar-refractivity contribution in [1.29, 1.82) is 0 Å². The van der Waals surface area contributed by atoms with Gasteiger partial charge in [-0.2, -0.15) is 0 Å². The van der Waals surface area contributed by atoms with Gasteiger partial charge in [-0.3, -0.25) is 4.98 Å². The fourth-order valence-corrected chi connectivity index (χ4v) is 1.85. The SMILES string of the molecule is C=CCn1c(C)nc(-c2cnccc2C)c1N. The van der Waals surface area contributed by atoms with Gasteiger partial charge >= 0.3 is 0 Å². The van der Waals surface area contributed by atoms with Crippen LogP contribution in [0.3, 0.4) is 0 Å². The van der Waals surface area contributed by atoms with Crippen LogP contribution in [0.1, 0.15) is 11.4 Å². The Labute approximate surface area is 101 Å². The summed E-state index contributed by atoms with van der Waals surface area (Å²) in [7, 11) is 0. The molecule has 4 nitrogen and oxygen atoms in total. The van der Waals surface area contributed by atoms with E-state index < -0.39 is 0 Å². The highest BCUT2D eigenvalue weighted by molar-refractivity contribution is 5.72. The van der Waals surface area contributed by atoms with E-state index in [9.17, 15) is 0 Å². The number of nitrogens with zero attached hydrogens (tertiary/aromatic N) is 3. The lowest BCUT2D eigenvalue weighted by molar-refractivity contribution is 0.792. The van der Waals surface area contributed by atoms with E-state index in [1.807, 2.05) is 30.6 Å². The molecule has 2 aromatic rings. The third-order valence-electron chi connectivity index (χ3n) is 2.80. The molecule has 2 rings (SSSR count). The number of nitrogen functional groups attached to an aromatic ring is 1. The summed E-state index contributed by atoms with van der Waals surface area (Å²) in [6.45, 7) is 8.36. The van der Waals surface area contributed by atoms with Gasteiger partial charge in [-0.1, -0.05) is 6.08 Å². The number of aromatic nitrogens is 3. The molecule has 2 N–H and O–H groups in total. The second-order valence-corrected chi connectivity index (χ2v) is 3.98. The van der Waals surface area contributed by atoms with Gasteiger partial charge in [0.1, 0.15) is 17.3 Å². The molecule has 0 saturated heterocycles. The Bertz CT molecular complexity index is 555. The Hall–Kier alpha value is -2.10. The van der Waals surface area contributed by atoms with Gasteiger partial charge in [0.2, 0.25) is 0 Å². The summed E-state index contributed by atoms with van der Waals surface area (Å²) >= 11 is 0. The zero-order valence-corrected chi connectivity index (χ0v) is 10.1. The highest BCUT2D eigenvalue weighted by Crippen LogP contribution is 2.27. The highest BCUT2D eigenvalue weighted by atomic mass is 15.1. The van der Waals surface area contributed by atoms with Crippen molar-refractivity contribution in [3.05, 3.63) is 42.5 Å². The molecule has 0 unspecified atom stereocenters. The molecule has 0 fully saturated rings. The molecule has 0 amide bonds. The molecule has 4 heteroatoms. The van der Waals surface area contributed by atoms with E-state index in [2.05, 4.69) is 16.5 Å². The first kappa shape index (κ1) is 11.4. The Kier molecular flexibility index (Phi) is 2.95. The number of allylic oxidation sites excluding steroid dienone is 1. The van der Waals surface area contributed by atoms with Crippen molar-refractivity contribution in [3.63, 3.8) is 0 Å². The summed E-state index contributed by atoms with van der Waals surface area (Å²) in [5.41, 5.74) is 9.02. The van der Waals surface area contributed by atoms with E-state index >= 15 is 0 Å². The predicted octanol–water partition coefficient (Wildman–Crippen LogP) is 2.33. The van der Waals surface area contributed by atoms with Crippen LogP contribution < -0.4 is 5.73 Å². The molecule has 88 valence electrons. The number of pyridine rings is 1. The summed E-state index contributed by atoms with van der Waals surface area (Å²) in [5.74, 6) is 1.55. The molecule has 2 aromatic heterocycles. The molecule has 0 atom stereocenters. The topological polar surface area (TPSA) is 56.7 Å². The zero-order valence-electron chi connectivity index (χ0n) is 10.1. The van der Waals surface area contributed by atoms with Crippen molar-refractivity contribution in [2.75, 3.05) is 5.73 Å². The maximum atomic E-state index is 6.12. The van der Waals surface area contributed by atoms with Gasteiger partial charge in [-0.25, -0.2) is 4.98 Å². The molecule has 2 heterocycles. The van der Waals surface area contributed by atoms with Crippen LogP contribution in [0.25, 0.3) is 11.3 Å². The Morgan fingerprint density at radius 3 is 2.88 bits per heavy atom. The molecule has 0 radical (unpaired) electrons. The molecule has 0 aromatic carbocycles. The standard InChI is InChI=1S/C13H16N4/c1-4-7-17-10(3)16-12(13(17)14)11-8-15-6-5-9(11)2/h4-6,8H,1,7,14H2,2-3H3. The van der Waals surface area contributed by atoms with Crippen molar-refractivity contribution >= 4 is 5.82 Å². The fraction of sp³-hybridized carbons (Fsp3) is 0.231. The first-order valence-electron chi connectivity index (χ1n) is 5.49. The lowest BCUT2D eigenvalue weighted by atomic mass is 10.1. The van der Waals surface area contributed by atoms with Gasteiger partial charge in [0.05, 0.1) is 0 Å². The van der Waals surface area contributed by atoms with Gasteiger partial charge in [-0.15, -0.1) is 6.58 Å². The zero-order chi connectivity index (χ0) is 12.4. The number of aryl methyl sites for hydroxylation is 2. The summed E-state index contributed by atoms with van der Waals surface area (Å²) in [6, 6.07) is 1.95. The minimum atomic E-state index is 0.665. The third-order valence-corrected chi connectivity index (χ3v) is 2.80. The molecule has 17 heavy (non-hydrogen) atoms. The van der Waals surface area contributed by atoms with E-state index in [1.165, 1.54) is 0 Å². The molecule has 0 bridgehead atoms. The van der Waals surface area contributed by atoms with Crippen molar-refractivity contribution in [1.82, 2.24) is 14.5 Å². The Balaban J connectivity index is 2.58. The Morgan fingerprint density at radius 2 is 2.24 bits per heavy atom. The maximum absolute atomic E-state index is 6.12. The third kappa shape index (κ3) is 1.93. The predicted molar refractivity (Wildman–Crippen MR) is 69.5 cm³/mol. The van der Waals surface area contributed by atoms with Crippen molar-refractivity contribution < 1.29 is 0 Å². The first-order valence-corrected chi connectivity index (χ1v) is 5.49. The maximum Gasteiger partial charge on any atom is 0.132 e. The number of nitrogens with two attached hydrogens (primary N) is 1. The second kappa shape index (κ2) is 4.41. The summed E-state index contributed by atoms with van der Waals surface area (Å²) in [5, 5.41) is 0. The number of hydrogen-bond donors (Lipinski definition) is 1. The summed E-state index contributed by atoms with van der Waals surface area (Å²) in [6.07, 6.45) is 5.37. The average molecular weight is 228 g/mol. The number of rotatable bonds is 3. The van der Waals surface area contributed by atoms with E-state index in [-0.39, 0.29) is 0 Å². The van der Waals surface area contributed by atoms with Crippen molar-refractivity contribution in [2.24, 2.45) is 0 Å². The van der Waals surface area contributed by atoms with Gasteiger partial charge in [0, 0.05) is 24.5 Å². The van der Waals surface area contributed by atoms with Crippen LogP contribution in [0.5, 0.6) is 0 Å². The largest absolute Gasteiger partial charge is 0.383 e. The minimum absolute atomic E-state index is 0.665. The number of imidazole rings is 1. The number of anilines is 1. The van der Waals surface area contributed by atoms with E-state index in [1.54, 1.807) is 12.4 Å².